The van der Waals surface area contributed by atoms with E-state index in [-0.39, 0.29) is 19.1 Å². The fraction of sp³-hybridized carbons (Fsp3) is 0.467. The second-order valence-electron chi connectivity index (χ2n) is 5.61. The van der Waals surface area contributed by atoms with Crippen LogP contribution in [0.4, 0.5) is 0 Å². The second kappa shape index (κ2) is 6.55. The molecule has 22 heavy (non-hydrogen) atoms. The molecule has 0 bridgehead atoms. The number of carbonyl (C=O) groups is 1. The van der Waals surface area contributed by atoms with Crippen LogP contribution in [-0.4, -0.2) is 32.7 Å². The Morgan fingerprint density at radius 1 is 1.41 bits per heavy atom. The number of aromatic nitrogens is 4. The number of rotatable bonds is 7. The molecule has 7 nitrogen and oxygen atoms in total. The highest BCUT2D eigenvalue weighted by Gasteiger charge is 2.32. The standard InChI is InChI=1S/C15H19N5O2/c1-11-7-12(11)8-16-15(21)9-20-18-14(17-19-20)10-22-13-5-3-2-4-6-13/h2-6,11-12H,7-10H2,1H3,(H,16,21). The molecule has 1 saturated carbocycles. The highest BCUT2D eigenvalue weighted by molar-refractivity contribution is 5.75. The predicted molar refractivity (Wildman–Crippen MR) is 78.9 cm³/mol. The molecule has 1 aliphatic rings. The van der Waals surface area contributed by atoms with E-state index in [0.717, 1.165) is 18.2 Å². The van der Waals surface area contributed by atoms with Gasteiger partial charge in [0.15, 0.2) is 6.61 Å². The number of nitrogens with one attached hydrogen (secondary N) is 1. The summed E-state index contributed by atoms with van der Waals surface area (Å²) in [5.41, 5.74) is 0. The van der Waals surface area contributed by atoms with Crippen LogP contribution in [0.2, 0.25) is 0 Å². The van der Waals surface area contributed by atoms with E-state index in [1.54, 1.807) is 0 Å². The maximum Gasteiger partial charge on any atom is 0.243 e. The van der Waals surface area contributed by atoms with Crippen molar-refractivity contribution in [3.63, 3.8) is 0 Å². The summed E-state index contributed by atoms with van der Waals surface area (Å²) in [5.74, 6) is 2.46. The third-order valence-electron chi connectivity index (χ3n) is 3.73. The molecule has 0 radical (unpaired) electrons. The topological polar surface area (TPSA) is 81.9 Å². The molecule has 1 aromatic carbocycles. The van der Waals surface area contributed by atoms with Crippen molar-refractivity contribution in [1.82, 2.24) is 25.5 Å². The molecule has 2 atom stereocenters. The first-order chi connectivity index (χ1) is 10.7. The van der Waals surface area contributed by atoms with Gasteiger partial charge in [-0.15, -0.1) is 10.2 Å². The summed E-state index contributed by atoms with van der Waals surface area (Å²) in [5, 5.41) is 14.8. The second-order valence-corrected chi connectivity index (χ2v) is 5.61. The first-order valence-electron chi connectivity index (χ1n) is 7.42. The maximum atomic E-state index is 11.8. The number of para-hydroxylation sites is 1. The Bertz CT molecular complexity index is 628. The van der Waals surface area contributed by atoms with Gasteiger partial charge in [-0.25, -0.2) is 0 Å². The summed E-state index contributed by atoms with van der Waals surface area (Å²) in [6.45, 7) is 3.23. The average molecular weight is 301 g/mol. The van der Waals surface area contributed by atoms with Crippen molar-refractivity contribution in [2.24, 2.45) is 11.8 Å². The van der Waals surface area contributed by atoms with Crippen LogP contribution in [0.5, 0.6) is 5.75 Å². The first kappa shape index (κ1) is 14.5. The molecule has 0 aliphatic heterocycles. The van der Waals surface area contributed by atoms with E-state index in [1.807, 2.05) is 30.3 Å². The minimum absolute atomic E-state index is 0.0828. The third kappa shape index (κ3) is 4.03. The molecule has 3 rings (SSSR count). The van der Waals surface area contributed by atoms with E-state index in [0.29, 0.717) is 11.7 Å². The first-order valence-corrected chi connectivity index (χ1v) is 7.42. The quantitative estimate of drug-likeness (QED) is 0.826. The summed E-state index contributed by atoms with van der Waals surface area (Å²) >= 11 is 0. The van der Waals surface area contributed by atoms with Gasteiger partial charge >= 0.3 is 0 Å². The van der Waals surface area contributed by atoms with Gasteiger partial charge in [0.1, 0.15) is 12.3 Å². The van der Waals surface area contributed by atoms with E-state index in [9.17, 15) is 4.79 Å². The molecule has 1 heterocycles. The van der Waals surface area contributed by atoms with E-state index in [2.05, 4.69) is 27.7 Å². The number of amides is 1. The van der Waals surface area contributed by atoms with Crippen molar-refractivity contribution < 1.29 is 9.53 Å². The highest BCUT2D eigenvalue weighted by Crippen LogP contribution is 2.36. The van der Waals surface area contributed by atoms with Crippen molar-refractivity contribution in [2.75, 3.05) is 6.54 Å². The lowest BCUT2D eigenvalue weighted by molar-refractivity contribution is -0.122. The largest absolute Gasteiger partial charge is 0.485 e. The number of hydrogen-bond acceptors (Lipinski definition) is 5. The molecule has 1 amide bonds. The third-order valence-corrected chi connectivity index (χ3v) is 3.73. The van der Waals surface area contributed by atoms with E-state index in [4.69, 9.17) is 4.74 Å². The molecular weight excluding hydrogens is 282 g/mol. The zero-order chi connectivity index (χ0) is 15.4. The van der Waals surface area contributed by atoms with Crippen LogP contribution < -0.4 is 10.1 Å². The normalized spacial score (nSPS) is 19.7. The molecule has 1 fully saturated rings. The van der Waals surface area contributed by atoms with Gasteiger partial charge in [-0.3, -0.25) is 4.79 Å². The number of carbonyl (C=O) groups excluding carboxylic acids is 1. The number of tetrazole rings is 1. The van der Waals surface area contributed by atoms with Crippen molar-refractivity contribution >= 4 is 5.91 Å². The van der Waals surface area contributed by atoms with Crippen molar-refractivity contribution in [3.8, 4) is 5.75 Å². The van der Waals surface area contributed by atoms with Crippen molar-refractivity contribution in [2.45, 2.75) is 26.5 Å². The van der Waals surface area contributed by atoms with Crippen LogP contribution in [-0.2, 0) is 17.9 Å². The minimum Gasteiger partial charge on any atom is -0.485 e. The SMILES string of the molecule is CC1CC1CNC(=O)Cn1nnc(COc2ccccc2)n1. The molecule has 0 saturated heterocycles. The Morgan fingerprint density at radius 2 is 2.18 bits per heavy atom. The Kier molecular flexibility index (Phi) is 4.32. The van der Waals surface area contributed by atoms with Crippen LogP contribution >= 0.6 is 0 Å². The van der Waals surface area contributed by atoms with Crippen LogP contribution in [0, 0.1) is 11.8 Å². The monoisotopic (exact) mass is 301 g/mol. The van der Waals surface area contributed by atoms with Crippen molar-refractivity contribution in [3.05, 3.63) is 36.2 Å². The lowest BCUT2D eigenvalue weighted by Crippen LogP contribution is -2.30. The van der Waals surface area contributed by atoms with Crippen LogP contribution in [0.15, 0.2) is 30.3 Å². The van der Waals surface area contributed by atoms with Gasteiger partial charge in [0.05, 0.1) is 0 Å². The van der Waals surface area contributed by atoms with Gasteiger partial charge in [-0.1, -0.05) is 25.1 Å². The predicted octanol–water partition coefficient (Wildman–Crippen LogP) is 1.02. The van der Waals surface area contributed by atoms with E-state index in [1.165, 1.54) is 11.2 Å². The van der Waals surface area contributed by atoms with Gasteiger partial charge in [0.25, 0.3) is 0 Å². The molecule has 1 aromatic heterocycles. The molecule has 1 N–H and O–H groups in total. The Labute approximate surface area is 128 Å². The molecule has 2 unspecified atom stereocenters. The highest BCUT2D eigenvalue weighted by atomic mass is 16.5. The summed E-state index contributed by atoms with van der Waals surface area (Å²) in [6.07, 6.45) is 1.20. The Balaban J connectivity index is 1.43. The minimum atomic E-state index is -0.0907. The Hall–Kier alpha value is -2.44. The summed E-state index contributed by atoms with van der Waals surface area (Å²) in [7, 11) is 0. The average Bonchev–Trinajstić information content (AvgIpc) is 3.05. The fourth-order valence-electron chi connectivity index (χ4n) is 2.18. The number of nitrogens with zero attached hydrogens (tertiary/aromatic N) is 4. The fourth-order valence-corrected chi connectivity index (χ4v) is 2.18. The van der Waals surface area contributed by atoms with E-state index >= 15 is 0 Å². The molecule has 1 aliphatic carbocycles. The zero-order valence-electron chi connectivity index (χ0n) is 12.5. The van der Waals surface area contributed by atoms with Gasteiger partial charge in [-0.2, -0.15) is 4.80 Å². The van der Waals surface area contributed by atoms with Gasteiger partial charge in [-0.05, 0) is 35.6 Å². The zero-order valence-corrected chi connectivity index (χ0v) is 12.5. The lowest BCUT2D eigenvalue weighted by atomic mass is 10.3. The number of hydrogen-bond donors (Lipinski definition) is 1. The molecule has 116 valence electrons. The lowest BCUT2D eigenvalue weighted by Gasteiger charge is -2.03. The summed E-state index contributed by atoms with van der Waals surface area (Å²) in [6, 6.07) is 9.42. The van der Waals surface area contributed by atoms with Crippen molar-refractivity contribution in [1.29, 1.82) is 0 Å². The molecule has 7 heteroatoms. The summed E-state index contributed by atoms with van der Waals surface area (Å²) in [4.78, 5) is 13.1. The van der Waals surface area contributed by atoms with Gasteiger partial charge < -0.3 is 10.1 Å². The van der Waals surface area contributed by atoms with Gasteiger partial charge in [0.2, 0.25) is 11.7 Å². The maximum absolute atomic E-state index is 11.8. The van der Waals surface area contributed by atoms with Crippen LogP contribution in [0.1, 0.15) is 19.2 Å². The molecule has 0 spiro atoms. The number of ether oxygens (including phenoxy) is 1. The number of benzene rings is 1. The van der Waals surface area contributed by atoms with E-state index < -0.39 is 0 Å². The van der Waals surface area contributed by atoms with Crippen LogP contribution in [0.25, 0.3) is 0 Å². The van der Waals surface area contributed by atoms with Gasteiger partial charge in [0, 0.05) is 6.54 Å². The molecular formula is C15H19N5O2. The smallest absolute Gasteiger partial charge is 0.243 e. The Morgan fingerprint density at radius 3 is 2.91 bits per heavy atom. The molecule has 2 aromatic rings. The summed E-state index contributed by atoms with van der Waals surface area (Å²) < 4.78 is 5.53. The van der Waals surface area contributed by atoms with Crippen LogP contribution in [0.3, 0.4) is 0 Å².